The van der Waals surface area contributed by atoms with Gasteiger partial charge in [0.2, 0.25) is 0 Å². The van der Waals surface area contributed by atoms with Crippen molar-refractivity contribution < 1.29 is 8.42 Å². The average Bonchev–Trinajstić information content (AvgIpc) is 2.71. The van der Waals surface area contributed by atoms with Gasteiger partial charge in [-0.05, 0) is 58.7 Å². The second-order valence-electron chi connectivity index (χ2n) is 6.22. The van der Waals surface area contributed by atoms with Crippen LogP contribution in [0.15, 0.2) is 0 Å². The minimum atomic E-state index is -2.95. The van der Waals surface area contributed by atoms with Gasteiger partial charge in [0.1, 0.15) is 9.84 Å². The summed E-state index contributed by atoms with van der Waals surface area (Å²) in [7, 11) is -0.997. The average molecular weight is 313 g/mol. The second kappa shape index (κ2) is 6.48. The Balaban J connectivity index is 2.22. The maximum absolute atomic E-state index is 11.8. The molecule has 0 bridgehead atoms. The molecule has 1 aromatic heterocycles. The first-order valence-corrected chi connectivity index (χ1v) is 9.68. The van der Waals surface area contributed by atoms with Gasteiger partial charge in [0.05, 0.1) is 17.0 Å². The molecule has 0 aliphatic heterocycles. The summed E-state index contributed by atoms with van der Waals surface area (Å²) in [5.74, 6) is 0. The van der Waals surface area contributed by atoms with Crippen LogP contribution in [-0.2, 0) is 16.3 Å². The van der Waals surface area contributed by atoms with E-state index in [-0.39, 0.29) is 11.3 Å². The van der Waals surface area contributed by atoms with E-state index in [0.29, 0.717) is 6.42 Å². The first-order chi connectivity index (χ1) is 9.84. The van der Waals surface area contributed by atoms with E-state index in [0.717, 1.165) is 37.9 Å². The molecular weight excluding hydrogens is 286 g/mol. The summed E-state index contributed by atoms with van der Waals surface area (Å²) in [5.41, 5.74) is 3.57. The van der Waals surface area contributed by atoms with E-state index in [2.05, 4.69) is 16.9 Å². The molecule has 120 valence electrons. The lowest BCUT2D eigenvalue weighted by Gasteiger charge is -2.29. The van der Waals surface area contributed by atoms with Gasteiger partial charge in [0.25, 0.3) is 0 Å². The fourth-order valence-corrected chi connectivity index (χ4v) is 4.56. The number of nitrogens with one attached hydrogen (secondary N) is 1. The fourth-order valence-electron chi connectivity index (χ4n) is 3.40. The van der Waals surface area contributed by atoms with E-state index in [9.17, 15) is 8.42 Å². The lowest BCUT2D eigenvalue weighted by Crippen LogP contribution is -2.29. The van der Waals surface area contributed by atoms with Gasteiger partial charge in [0.15, 0.2) is 0 Å². The lowest BCUT2D eigenvalue weighted by atomic mass is 9.95. The van der Waals surface area contributed by atoms with Gasteiger partial charge in [0, 0.05) is 11.9 Å². The van der Waals surface area contributed by atoms with Gasteiger partial charge in [-0.1, -0.05) is 6.42 Å². The van der Waals surface area contributed by atoms with Gasteiger partial charge in [-0.2, -0.15) is 5.10 Å². The molecule has 0 aromatic carbocycles. The highest BCUT2D eigenvalue weighted by atomic mass is 32.2. The Morgan fingerprint density at radius 1 is 1.33 bits per heavy atom. The summed E-state index contributed by atoms with van der Waals surface area (Å²) in [6.45, 7) is 5.09. The third-order valence-electron chi connectivity index (χ3n) is 4.65. The van der Waals surface area contributed by atoms with E-state index < -0.39 is 9.84 Å². The summed E-state index contributed by atoms with van der Waals surface area (Å²) < 4.78 is 25.7. The van der Waals surface area contributed by atoms with Crippen LogP contribution < -0.4 is 5.32 Å². The normalized spacial score (nSPS) is 23.4. The van der Waals surface area contributed by atoms with E-state index >= 15 is 0 Å². The number of nitrogens with zero attached hydrogens (tertiary/aromatic N) is 2. The molecule has 0 radical (unpaired) electrons. The SMILES string of the molecule is CNCCc1c(C)nn(C2CCCC(S(C)(=O)=O)C2)c1C. The summed E-state index contributed by atoms with van der Waals surface area (Å²) in [6, 6.07) is 0.223. The third-order valence-corrected chi connectivity index (χ3v) is 6.29. The number of likely N-dealkylation sites (N-methyl/N-ethyl adjacent to an activating group) is 1. The summed E-state index contributed by atoms with van der Waals surface area (Å²) in [5, 5.41) is 7.66. The summed E-state index contributed by atoms with van der Waals surface area (Å²) >= 11 is 0. The van der Waals surface area contributed by atoms with Crippen LogP contribution in [0.1, 0.15) is 48.7 Å². The van der Waals surface area contributed by atoms with Gasteiger partial charge in [-0.3, -0.25) is 4.68 Å². The van der Waals surface area contributed by atoms with Crippen molar-refractivity contribution in [3.63, 3.8) is 0 Å². The predicted octanol–water partition coefficient (Wildman–Crippen LogP) is 1.79. The fraction of sp³-hybridized carbons (Fsp3) is 0.800. The molecule has 0 saturated heterocycles. The van der Waals surface area contributed by atoms with Gasteiger partial charge in [-0.25, -0.2) is 8.42 Å². The summed E-state index contributed by atoms with van der Waals surface area (Å²) in [6.07, 6.45) is 5.82. The molecule has 1 heterocycles. The molecule has 1 N–H and O–H groups in total. The Morgan fingerprint density at radius 2 is 2.05 bits per heavy atom. The first-order valence-electron chi connectivity index (χ1n) is 7.72. The minimum Gasteiger partial charge on any atom is -0.319 e. The van der Waals surface area contributed by atoms with E-state index in [1.54, 1.807) is 0 Å². The first kappa shape index (κ1) is 16.5. The summed E-state index contributed by atoms with van der Waals surface area (Å²) in [4.78, 5) is 0. The number of aromatic nitrogens is 2. The number of sulfone groups is 1. The minimum absolute atomic E-state index is 0.207. The van der Waals surface area contributed by atoms with E-state index in [1.165, 1.54) is 17.5 Å². The number of hydrogen-bond acceptors (Lipinski definition) is 4. The molecule has 0 amide bonds. The van der Waals surface area contributed by atoms with Crippen molar-refractivity contribution in [1.82, 2.24) is 15.1 Å². The highest BCUT2D eigenvalue weighted by Crippen LogP contribution is 2.33. The van der Waals surface area contributed by atoms with Crippen molar-refractivity contribution in [1.29, 1.82) is 0 Å². The zero-order chi connectivity index (χ0) is 15.6. The van der Waals surface area contributed by atoms with Crippen molar-refractivity contribution in [2.75, 3.05) is 19.8 Å². The highest BCUT2D eigenvalue weighted by molar-refractivity contribution is 7.91. The van der Waals surface area contributed by atoms with Gasteiger partial charge >= 0.3 is 0 Å². The van der Waals surface area contributed by atoms with Gasteiger partial charge < -0.3 is 5.32 Å². The van der Waals surface area contributed by atoms with Crippen molar-refractivity contribution in [2.24, 2.45) is 0 Å². The van der Waals surface area contributed by atoms with Crippen molar-refractivity contribution in [3.05, 3.63) is 17.0 Å². The number of rotatable bonds is 5. The molecule has 2 unspecified atom stereocenters. The maximum atomic E-state index is 11.8. The Morgan fingerprint density at radius 3 is 2.67 bits per heavy atom. The predicted molar refractivity (Wildman–Crippen MR) is 85.5 cm³/mol. The molecule has 2 rings (SSSR count). The van der Waals surface area contributed by atoms with Crippen LogP contribution in [0.3, 0.4) is 0 Å². The Hall–Kier alpha value is -0.880. The van der Waals surface area contributed by atoms with Crippen LogP contribution >= 0.6 is 0 Å². The molecule has 1 saturated carbocycles. The molecule has 1 aromatic rings. The zero-order valence-corrected chi connectivity index (χ0v) is 14.3. The third kappa shape index (κ3) is 3.66. The largest absolute Gasteiger partial charge is 0.319 e. The molecule has 0 spiro atoms. The van der Waals surface area contributed by atoms with Crippen LogP contribution in [0.4, 0.5) is 0 Å². The molecule has 6 heteroatoms. The molecule has 1 aliphatic rings. The monoisotopic (exact) mass is 313 g/mol. The molecule has 21 heavy (non-hydrogen) atoms. The van der Waals surface area contributed by atoms with Crippen LogP contribution in [0.5, 0.6) is 0 Å². The van der Waals surface area contributed by atoms with E-state index in [1.807, 2.05) is 14.0 Å². The topological polar surface area (TPSA) is 64.0 Å². The number of aryl methyl sites for hydroxylation is 1. The standard InChI is InChI=1S/C15H27N3O2S/c1-11-15(8-9-16-3)12(2)18(17-11)13-6-5-7-14(10-13)21(4,19)20/h13-14,16H,5-10H2,1-4H3. The van der Waals surface area contributed by atoms with E-state index in [4.69, 9.17) is 5.10 Å². The maximum Gasteiger partial charge on any atom is 0.150 e. The Bertz CT molecular complexity index is 592. The van der Waals surface area contributed by atoms with Crippen LogP contribution in [-0.4, -0.2) is 43.3 Å². The molecular formula is C15H27N3O2S. The van der Waals surface area contributed by atoms with Crippen molar-refractivity contribution in [3.8, 4) is 0 Å². The van der Waals surface area contributed by atoms with Crippen molar-refractivity contribution in [2.45, 2.75) is 57.2 Å². The number of hydrogen-bond donors (Lipinski definition) is 1. The lowest BCUT2D eigenvalue weighted by molar-refractivity contribution is 0.324. The van der Waals surface area contributed by atoms with Crippen LogP contribution in [0.2, 0.25) is 0 Å². The molecule has 1 aliphatic carbocycles. The van der Waals surface area contributed by atoms with Crippen LogP contribution in [0, 0.1) is 13.8 Å². The van der Waals surface area contributed by atoms with Crippen LogP contribution in [0.25, 0.3) is 0 Å². The molecule has 1 fully saturated rings. The van der Waals surface area contributed by atoms with Gasteiger partial charge in [-0.15, -0.1) is 0 Å². The quantitative estimate of drug-likeness (QED) is 0.900. The van der Waals surface area contributed by atoms with Crippen molar-refractivity contribution >= 4 is 9.84 Å². The second-order valence-corrected chi connectivity index (χ2v) is 8.55. The smallest absolute Gasteiger partial charge is 0.150 e. The Kier molecular flexibility index (Phi) is 5.09. The zero-order valence-electron chi connectivity index (χ0n) is 13.5. The molecule has 5 nitrogen and oxygen atoms in total. The Labute approximate surface area is 128 Å². The molecule has 2 atom stereocenters. The highest BCUT2D eigenvalue weighted by Gasteiger charge is 2.31.